The second-order valence-corrected chi connectivity index (χ2v) is 3.66. The molecule has 0 saturated carbocycles. The van der Waals surface area contributed by atoms with Crippen LogP contribution in [0.1, 0.15) is 5.56 Å². The van der Waals surface area contributed by atoms with Gasteiger partial charge in [0, 0.05) is 5.56 Å². The van der Waals surface area contributed by atoms with Crippen LogP contribution in [0.3, 0.4) is 0 Å². The molecule has 0 bridgehead atoms. The quantitative estimate of drug-likeness (QED) is 0.342. The van der Waals surface area contributed by atoms with Crippen LogP contribution < -0.4 is 4.74 Å². The molecule has 0 aliphatic heterocycles. The number of hydrogen-bond acceptors (Lipinski definition) is 6. The number of para-hydroxylation sites is 1. The molecule has 0 atom stereocenters. The van der Waals surface area contributed by atoms with E-state index in [1.54, 1.807) is 24.3 Å². The van der Waals surface area contributed by atoms with Crippen molar-refractivity contribution in [1.82, 2.24) is 0 Å². The third-order valence-electron chi connectivity index (χ3n) is 2.33. The fraction of sp³-hybridized carbons (Fsp3) is 0.133. The first-order chi connectivity index (χ1) is 10.1. The lowest BCUT2D eigenvalue weighted by molar-refractivity contribution is -0.140. The van der Waals surface area contributed by atoms with Crippen molar-refractivity contribution in [3.05, 3.63) is 47.7 Å². The molecule has 21 heavy (non-hydrogen) atoms. The number of ether oxygens (including phenoxy) is 3. The Morgan fingerprint density at radius 3 is 2.43 bits per heavy atom. The zero-order chi connectivity index (χ0) is 15.7. The van der Waals surface area contributed by atoms with Gasteiger partial charge in [-0.2, -0.15) is 0 Å². The van der Waals surface area contributed by atoms with E-state index >= 15 is 0 Å². The summed E-state index contributed by atoms with van der Waals surface area (Å²) < 4.78 is 14.4. The maximum Gasteiger partial charge on any atom is 0.374 e. The average molecular weight is 290 g/mol. The first-order valence-corrected chi connectivity index (χ1v) is 5.89. The fourth-order valence-electron chi connectivity index (χ4n) is 1.37. The van der Waals surface area contributed by atoms with Gasteiger partial charge in [-0.05, 0) is 18.2 Å². The summed E-state index contributed by atoms with van der Waals surface area (Å²) in [6.45, 7) is 0. The van der Waals surface area contributed by atoms with Gasteiger partial charge in [0.05, 0.1) is 20.3 Å². The van der Waals surface area contributed by atoms with E-state index in [2.05, 4.69) is 9.47 Å². The number of esters is 2. The zero-order valence-electron chi connectivity index (χ0n) is 11.6. The summed E-state index contributed by atoms with van der Waals surface area (Å²) in [5, 5.41) is 0. The molecule has 6 nitrogen and oxygen atoms in total. The SMILES string of the molecule is COC(=O)/C=C(/Oc1ccccc1/C=C/C=O)C(=O)OC. The Labute approximate surface area is 121 Å². The molecule has 0 unspecified atom stereocenters. The van der Waals surface area contributed by atoms with E-state index in [4.69, 9.17) is 4.74 Å². The van der Waals surface area contributed by atoms with E-state index < -0.39 is 11.9 Å². The van der Waals surface area contributed by atoms with Crippen LogP contribution in [0.15, 0.2) is 42.2 Å². The molecule has 1 rings (SSSR count). The van der Waals surface area contributed by atoms with Crippen molar-refractivity contribution in [2.45, 2.75) is 0 Å². The third-order valence-corrected chi connectivity index (χ3v) is 2.33. The Morgan fingerprint density at radius 1 is 1.10 bits per heavy atom. The van der Waals surface area contributed by atoms with Gasteiger partial charge in [0.25, 0.3) is 0 Å². The molecular weight excluding hydrogens is 276 g/mol. The number of benzene rings is 1. The number of carbonyl (C=O) groups excluding carboxylic acids is 3. The minimum Gasteiger partial charge on any atom is -0.466 e. The van der Waals surface area contributed by atoms with Crippen LogP contribution in [0.2, 0.25) is 0 Å². The highest BCUT2D eigenvalue weighted by molar-refractivity contribution is 5.95. The van der Waals surface area contributed by atoms with Crippen molar-refractivity contribution in [3.8, 4) is 5.75 Å². The highest BCUT2D eigenvalue weighted by Gasteiger charge is 2.16. The number of methoxy groups -OCH3 is 2. The summed E-state index contributed by atoms with van der Waals surface area (Å²) in [4.78, 5) is 33.2. The van der Waals surface area contributed by atoms with Gasteiger partial charge in [0.2, 0.25) is 5.76 Å². The first kappa shape index (κ1) is 16.2. The molecule has 0 fully saturated rings. The lowest BCUT2D eigenvalue weighted by atomic mass is 10.2. The van der Waals surface area contributed by atoms with Gasteiger partial charge in [-0.3, -0.25) is 4.79 Å². The molecule has 0 saturated heterocycles. The Kier molecular flexibility index (Phi) is 6.40. The van der Waals surface area contributed by atoms with E-state index in [0.717, 1.165) is 13.2 Å². The fourth-order valence-corrected chi connectivity index (χ4v) is 1.37. The van der Waals surface area contributed by atoms with Crippen molar-refractivity contribution >= 4 is 24.3 Å². The second-order valence-electron chi connectivity index (χ2n) is 3.66. The first-order valence-electron chi connectivity index (χ1n) is 5.89. The van der Waals surface area contributed by atoms with Crippen LogP contribution in [0, 0.1) is 0 Å². The largest absolute Gasteiger partial charge is 0.466 e. The van der Waals surface area contributed by atoms with Gasteiger partial charge in [0.1, 0.15) is 12.0 Å². The molecule has 0 spiro atoms. The van der Waals surface area contributed by atoms with Crippen LogP contribution >= 0.6 is 0 Å². The highest BCUT2D eigenvalue weighted by Crippen LogP contribution is 2.22. The van der Waals surface area contributed by atoms with Crippen molar-refractivity contribution in [2.24, 2.45) is 0 Å². The topological polar surface area (TPSA) is 78.9 Å². The summed E-state index contributed by atoms with van der Waals surface area (Å²) in [5.74, 6) is -1.61. The molecule has 1 aromatic carbocycles. The van der Waals surface area contributed by atoms with Crippen molar-refractivity contribution in [1.29, 1.82) is 0 Å². The Balaban J connectivity index is 3.12. The molecule has 6 heteroatoms. The number of carbonyl (C=O) groups is 3. The molecule has 0 amide bonds. The molecule has 0 heterocycles. The highest BCUT2D eigenvalue weighted by atomic mass is 16.6. The van der Waals surface area contributed by atoms with Gasteiger partial charge in [0.15, 0.2) is 0 Å². The minimum absolute atomic E-state index is 0.288. The molecule has 0 aliphatic rings. The number of rotatable bonds is 6. The molecule has 0 aromatic heterocycles. The number of aldehydes is 1. The van der Waals surface area contributed by atoms with Crippen LogP contribution in [-0.2, 0) is 23.9 Å². The lowest BCUT2D eigenvalue weighted by Gasteiger charge is -2.10. The average Bonchev–Trinajstić information content (AvgIpc) is 2.52. The summed E-state index contributed by atoms with van der Waals surface area (Å²) in [6.07, 6.45) is 4.29. The molecule has 0 radical (unpaired) electrons. The monoisotopic (exact) mass is 290 g/mol. The van der Waals surface area contributed by atoms with Gasteiger partial charge in [-0.25, -0.2) is 9.59 Å². The zero-order valence-corrected chi connectivity index (χ0v) is 11.6. The Bertz CT molecular complexity index is 586. The van der Waals surface area contributed by atoms with Crippen LogP contribution in [0.5, 0.6) is 5.75 Å². The van der Waals surface area contributed by atoms with E-state index in [1.807, 2.05) is 0 Å². The van der Waals surface area contributed by atoms with Gasteiger partial charge in [-0.15, -0.1) is 0 Å². The Hall–Kier alpha value is -2.89. The third kappa shape index (κ3) is 4.94. The van der Waals surface area contributed by atoms with Crippen molar-refractivity contribution < 1.29 is 28.6 Å². The smallest absolute Gasteiger partial charge is 0.374 e. The molecule has 1 aromatic rings. The van der Waals surface area contributed by atoms with Gasteiger partial charge < -0.3 is 14.2 Å². The van der Waals surface area contributed by atoms with Gasteiger partial charge in [-0.1, -0.05) is 18.2 Å². The molecule has 0 aliphatic carbocycles. The van der Waals surface area contributed by atoms with E-state index in [0.29, 0.717) is 11.8 Å². The lowest BCUT2D eigenvalue weighted by Crippen LogP contribution is -2.13. The summed E-state index contributed by atoms with van der Waals surface area (Å²) in [7, 11) is 2.34. The predicted molar refractivity (Wildman–Crippen MR) is 74.3 cm³/mol. The molecular formula is C15H14O6. The number of hydrogen-bond donors (Lipinski definition) is 0. The van der Waals surface area contributed by atoms with E-state index in [1.165, 1.54) is 19.3 Å². The number of allylic oxidation sites excluding steroid dienone is 1. The van der Waals surface area contributed by atoms with Crippen molar-refractivity contribution in [3.63, 3.8) is 0 Å². The van der Waals surface area contributed by atoms with E-state index in [-0.39, 0.29) is 11.5 Å². The van der Waals surface area contributed by atoms with Crippen molar-refractivity contribution in [2.75, 3.05) is 14.2 Å². The second kappa shape index (κ2) is 8.31. The van der Waals surface area contributed by atoms with E-state index in [9.17, 15) is 14.4 Å². The molecule has 0 N–H and O–H groups in total. The molecule has 110 valence electrons. The Morgan fingerprint density at radius 2 is 1.81 bits per heavy atom. The van der Waals surface area contributed by atoms with Crippen LogP contribution in [-0.4, -0.2) is 32.4 Å². The predicted octanol–water partition coefficient (Wildman–Crippen LogP) is 1.51. The maximum atomic E-state index is 11.6. The standard InChI is InChI=1S/C15H14O6/c1-19-14(17)10-13(15(18)20-2)21-12-8-4-3-6-11(12)7-5-9-16/h3-10H,1-2H3/b7-5+,13-10+. The van der Waals surface area contributed by atoms with Gasteiger partial charge >= 0.3 is 11.9 Å². The van der Waals surface area contributed by atoms with Crippen LogP contribution in [0.25, 0.3) is 6.08 Å². The minimum atomic E-state index is -0.824. The summed E-state index contributed by atoms with van der Waals surface area (Å²) in [6, 6.07) is 6.68. The van der Waals surface area contributed by atoms with Crippen LogP contribution in [0.4, 0.5) is 0 Å². The maximum absolute atomic E-state index is 11.6. The summed E-state index contributed by atoms with van der Waals surface area (Å²) in [5.41, 5.74) is 0.560. The normalized spacial score (nSPS) is 11.0. The summed E-state index contributed by atoms with van der Waals surface area (Å²) >= 11 is 0.